The molecule has 3 aromatic rings. The number of carbonyl (C=O) groups is 1. The van der Waals surface area contributed by atoms with E-state index >= 15 is 0 Å². The smallest absolute Gasteiger partial charge is 0.262 e. The third-order valence-electron chi connectivity index (χ3n) is 3.95. The predicted octanol–water partition coefficient (Wildman–Crippen LogP) is 4.15. The summed E-state index contributed by atoms with van der Waals surface area (Å²) in [4.78, 5) is 18.7. The third kappa shape index (κ3) is 3.56. The van der Waals surface area contributed by atoms with Crippen molar-refractivity contribution >= 4 is 23.3 Å². The summed E-state index contributed by atoms with van der Waals surface area (Å²) in [6, 6.07) is 12.9. The molecule has 0 aliphatic carbocycles. The second-order valence-electron chi connectivity index (χ2n) is 5.70. The van der Waals surface area contributed by atoms with Gasteiger partial charge in [-0.1, -0.05) is 31.0 Å². The molecule has 0 radical (unpaired) electrons. The number of nitrogens with zero attached hydrogens (tertiary/aromatic N) is 4. The average Bonchev–Trinajstić information content (AvgIpc) is 3.06. The van der Waals surface area contributed by atoms with Gasteiger partial charge in [0.25, 0.3) is 5.91 Å². The molecule has 2 heterocycles. The molecule has 0 fully saturated rings. The Bertz CT molecular complexity index is 859. The van der Waals surface area contributed by atoms with Crippen LogP contribution in [0.3, 0.4) is 0 Å². The van der Waals surface area contributed by atoms with Crippen LogP contribution in [0.4, 0.5) is 5.82 Å². The molecule has 0 saturated heterocycles. The van der Waals surface area contributed by atoms with Crippen LogP contribution in [0.1, 0.15) is 29.4 Å². The lowest BCUT2D eigenvalue weighted by Gasteiger charge is -2.16. The zero-order valence-electron chi connectivity index (χ0n) is 14.2. The van der Waals surface area contributed by atoms with Crippen LogP contribution in [0.15, 0.2) is 54.9 Å². The van der Waals surface area contributed by atoms with Gasteiger partial charge in [0.05, 0.1) is 23.1 Å². The van der Waals surface area contributed by atoms with E-state index in [0.29, 0.717) is 16.4 Å². The van der Waals surface area contributed by atoms with Gasteiger partial charge in [-0.3, -0.25) is 9.69 Å². The van der Waals surface area contributed by atoms with Gasteiger partial charge in [-0.25, -0.2) is 9.67 Å². The van der Waals surface area contributed by atoms with Crippen LogP contribution >= 0.6 is 11.6 Å². The standard InChI is InChI=1S/C19H19ClN4O/c1-3-6-17-16(19(25)23(2)18-7-4-5-12-21-18)13-22-24(17)15-10-8-14(20)9-11-15/h4-5,7-13H,3,6H2,1-2H3. The molecule has 0 atom stereocenters. The third-order valence-corrected chi connectivity index (χ3v) is 4.21. The van der Waals surface area contributed by atoms with E-state index in [1.807, 2.05) is 36.4 Å². The number of anilines is 1. The van der Waals surface area contributed by atoms with Crippen LogP contribution in [0.2, 0.25) is 5.02 Å². The Balaban J connectivity index is 1.99. The molecular weight excluding hydrogens is 336 g/mol. The lowest BCUT2D eigenvalue weighted by Crippen LogP contribution is -2.27. The van der Waals surface area contributed by atoms with E-state index in [0.717, 1.165) is 24.2 Å². The Labute approximate surface area is 151 Å². The molecular formula is C19H19ClN4O. The van der Waals surface area contributed by atoms with E-state index in [-0.39, 0.29) is 5.91 Å². The highest BCUT2D eigenvalue weighted by Gasteiger charge is 2.22. The Hall–Kier alpha value is -2.66. The quantitative estimate of drug-likeness (QED) is 0.691. The Kier molecular flexibility index (Phi) is 5.14. The molecule has 1 amide bonds. The molecule has 5 nitrogen and oxygen atoms in total. The van der Waals surface area contributed by atoms with E-state index < -0.39 is 0 Å². The molecule has 0 unspecified atom stereocenters. The first kappa shape index (κ1) is 17.2. The fourth-order valence-corrected chi connectivity index (χ4v) is 2.80. The highest BCUT2D eigenvalue weighted by Crippen LogP contribution is 2.21. The van der Waals surface area contributed by atoms with Crippen molar-refractivity contribution in [3.05, 3.63) is 71.1 Å². The van der Waals surface area contributed by atoms with Crippen molar-refractivity contribution in [3.8, 4) is 5.69 Å². The topological polar surface area (TPSA) is 51.0 Å². The zero-order chi connectivity index (χ0) is 17.8. The molecule has 128 valence electrons. The maximum atomic E-state index is 13.0. The molecule has 0 spiro atoms. The molecule has 1 aromatic carbocycles. The number of rotatable bonds is 5. The van der Waals surface area contributed by atoms with E-state index in [9.17, 15) is 4.79 Å². The van der Waals surface area contributed by atoms with Crippen LogP contribution in [-0.2, 0) is 6.42 Å². The summed E-state index contributed by atoms with van der Waals surface area (Å²) in [5, 5.41) is 5.10. The summed E-state index contributed by atoms with van der Waals surface area (Å²) in [5.41, 5.74) is 2.36. The van der Waals surface area contributed by atoms with Crippen LogP contribution < -0.4 is 4.90 Å². The van der Waals surface area contributed by atoms with Gasteiger partial charge in [0.1, 0.15) is 5.82 Å². The number of aromatic nitrogens is 3. The van der Waals surface area contributed by atoms with Crippen molar-refractivity contribution in [2.24, 2.45) is 0 Å². The monoisotopic (exact) mass is 354 g/mol. The SMILES string of the molecule is CCCc1c(C(=O)N(C)c2ccccn2)cnn1-c1ccc(Cl)cc1. The normalized spacial score (nSPS) is 10.7. The largest absolute Gasteiger partial charge is 0.296 e. The molecule has 3 rings (SSSR count). The minimum absolute atomic E-state index is 0.123. The zero-order valence-corrected chi connectivity index (χ0v) is 14.9. The van der Waals surface area contributed by atoms with Crippen molar-refractivity contribution in [2.75, 3.05) is 11.9 Å². The Morgan fingerprint density at radius 1 is 1.20 bits per heavy atom. The number of hydrogen-bond donors (Lipinski definition) is 0. The second kappa shape index (κ2) is 7.49. The lowest BCUT2D eigenvalue weighted by molar-refractivity contribution is 0.0991. The summed E-state index contributed by atoms with van der Waals surface area (Å²) in [6.07, 6.45) is 4.96. The van der Waals surface area contributed by atoms with Gasteiger partial charge in [-0.05, 0) is 42.8 Å². The molecule has 0 saturated carbocycles. The number of halogens is 1. The van der Waals surface area contributed by atoms with Gasteiger partial charge < -0.3 is 0 Å². The molecule has 6 heteroatoms. The maximum absolute atomic E-state index is 13.0. The first-order valence-corrected chi connectivity index (χ1v) is 8.51. The van der Waals surface area contributed by atoms with Crippen molar-refractivity contribution in [1.29, 1.82) is 0 Å². The van der Waals surface area contributed by atoms with Gasteiger partial charge in [0.2, 0.25) is 0 Å². The minimum atomic E-state index is -0.123. The van der Waals surface area contributed by atoms with Crippen molar-refractivity contribution in [2.45, 2.75) is 19.8 Å². The fourth-order valence-electron chi connectivity index (χ4n) is 2.67. The highest BCUT2D eigenvalue weighted by molar-refractivity contribution is 6.30. The lowest BCUT2D eigenvalue weighted by atomic mass is 10.1. The Morgan fingerprint density at radius 2 is 1.96 bits per heavy atom. The number of benzene rings is 1. The van der Waals surface area contributed by atoms with E-state index in [4.69, 9.17) is 11.6 Å². The summed E-state index contributed by atoms with van der Waals surface area (Å²) in [5.74, 6) is 0.483. The van der Waals surface area contributed by atoms with Gasteiger partial charge in [-0.15, -0.1) is 0 Å². The average molecular weight is 355 g/mol. The minimum Gasteiger partial charge on any atom is -0.296 e. The highest BCUT2D eigenvalue weighted by atomic mass is 35.5. The summed E-state index contributed by atoms with van der Waals surface area (Å²) >= 11 is 5.97. The molecule has 0 bridgehead atoms. The number of carbonyl (C=O) groups excluding carboxylic acids is 1. The van der Waals surface area contributed by atoms with E-state index in [2.05, 4.69) is 17.0 Å². The van der Waals surface area contributed by atoms with Gasteiger partial charge in [-0.2, -0.15) is 5.10 Å². The molecule has 0 N–H and O–H groups in total. The predicted molar refractivity (Wildman–Crippen MR) is 99.5 cm³/mol. The van der Waals surface area contributed by atoms with Gasteiger partial charge >= 0.3 is 0 Å². The number of amides is 1. The van der Waals surface area contributed by atoms with E-state index in [1.54, 1.807) is 35.1 Å². The first-order valence-electron chi connectivity index (χ1n) is 8.13. The van der Waals surface area contributed by atoms with Crippen LogP contribution in [0.5, 0.6) is 0 Å². The van der Waals surface area contributed by atoms with Crippen molar-refractivity contribution < 1.29 is 4.79 Å². The van der Waals surface area contributed by atoms with E-state index in [1.165, 1.54) is 0 Å². The maximum Gasteiger partial charge on any atom is 0.262 e. The van der Waals surface area contributed by atoms with Crippen LogP contribution in [0, 0.1) is 0 Å². The molecule has 2 aromatic heterocycles. The van der Waals surface area contributed by atoms with Crippen LogP contribution in [0.25, 0.3) is 5.69 Å². The first-order chi connectivity index (χ1) is 12.1. The fraction of sp³-hybridized carbons (Fsp3) is 0.211. The Morgan fingerprint density at radius 3 is 2.60 bits per heavy atom. The summed E-state index contributed by atoms with van der Waals surface area (Å²) in [7, 11) is 1.72. The second-order valence-corrected chi connectivity index (χ2v) is 6.13. The summed E-state index contributed by atoms with van der Waals surface area (Å²) in [6.45, 7) is 2.08. The number of pyridine rings is 1. The molecule has 25 heavy (non-hydrogen) atoms. The van der Waals surface area contributed by atoms with Crippen molar-refractivity contribution in [1.82, 2.24) is 14.8 Å². The van der Waals surface area contributed by atoms with Gasteiger partial charge in [0.15, 0.2) is 0 Å². The number of hydrogen-bond acceptors (Lipinski definition) is 3. The van der Waals surface area contributed by atoms with Gasteiger partial charge in [0, 0.05) is 18.3 Å². The van der Waals surface area contributed by atoms with Crippen molar-refractivity contribution in [3.63, 3.8) is 0 Å². The summed E-state index contributed by atoms with van der Waals surface area (Å²) < 4.78 is 1.80. The molecule has 0 aliphatic rings. The molecule has 0 aliphatic heterocycles. The van der Waals surface area contributed by atoms with Crippen LogP contribution in [-0.4, -0.2) is 27.7 Å².